The molecule has 0 saturated heterocycles. The Morgan fingerprint density at radius 3 is 2.74 bits per heavy atom. The van der Waals surface area contributed by atoms with Gasteiger partial charge in [0.2, 0.25) is 0 Å². The summed E-state index contributed by atoms with van der Waals surface area (Å²) in [6.07, 6.45) is 2.23. The van der Waals surface area contributed by atoms with E-state index < -0.39 is 5.54 Å². The summed E-state index contributed by atoms with van der Waals surface area (Å²) in [6, 6.07) is 3.24. The Balaban J connectivity index is 2.65. The van der Waals surface area contributed by atoms with E-state index in [9.17, 15) is 9.59 Å². The van der Waals surface area contributed by atoms with Gasteiger partial charge in [0.1, 0.15) is 5.15 Å². The molecule has 0 aliphatic heterocycles. The van der Waals surface area contributed by atoms with Gasteiger partial charge in [0, 0.05) is 18.2 Å². The molecule has 0 aromatic carbocycles. The highest BCUT2D eigenvalue weighted by Crippen LogP contribution is 2.16. The largest absolute Gasteiger partial charge is 0.469 e. The molecular weight excluding hydrogens is 268 g/mol. The SMILES string of the molecule is COC(=O)CCC(C)(C)NC(=O)c1cccnc1Cl. The Bertz CT molecular complexity index is 475. The predicted molar refractivity (Wildman–Crippen MR) is 72.0 cm³/mol. The number of carbonyl (C=O) groups is 2. The van der Waals surface area contributed by atoms with Gasteiger partial charge in [0.15, 0.2) is 0 Å². The van der Waals surface area contributed by atoms with E-state index in [0.717, 1.165) is 0 Å². The van der Waals surface area contributed by atoms with Crippen molar-refractivity contribution < 1.29 is 14.3 Å². The second-order valence-corrected chi connectivity index (χ2v) is 5.11. The van der Waals surface area contributed by atoms with Crippen LogP contribution < -0.4 is 5.32 Å². The predicted octanol–water partition coefficient (Wildman–Crippen LogP) is 2.20. The van der Waals surface area contributed by atoms with Gasteiger partial charge in [0.05, 0.1) is 12.7 Å². The van der Waals surface area contributed by atoms with Crippen molar-refractivity contribution in [1.82, 2.24) is 10.3 Å². The molecule has 0 aliphatic carbocycles. The average Bonchev–Trinajstić information content (AvgIpc) is 2.36. The Kier molecular flexibility index (Phi) is 5.30. The molecule has 0 aliphatic rings. The summed E-state index contributed by atoms with van der Waals surface area (Å²) >= 11 is 5.85. The van der Waals surface area contributed by atoms with Crippen LogP contribution in [-0.4, -0.2) is 29.5 Å². The van der Waals surface area contributed by atoms with E-state index in [2.05, 4.69) is 15.0 Å². The number of methoxy groups -OCH3 is 1. The number of pyridine rings is 1. The monoisotopic (exact) mass is 284 g/mol. The number of halogens is 1. The lowest BCUT2D eigenvalue weighted by Gasteiger charge is -2.26. The zero-order valence-electron chi connectivity index (χ0n) is 11.2. The first kappa shape index (κ1) is 15.4. The van der Waals surface area contributed by atoms with Gasteiger partial charge in [-0.1, -0.05) is 11.6 Å². The minimum atomic E-state index is -0.537. The van der Waals surface area contributed by atoms with Crippen molar-refractivity contribution in [2.75, 3.05) is 7.11 Å². The van der Waals surface area contributed by atoms with E-state index in [1.807, 2.05) is 13.8 Å². The van der Waals surface area contributed by atoms with Crippen LogP contribution in [0.1, 0.15) is 37.0 Å². The van der Waals surface area contributed by atoms with Crippen molar-refractivity contribution in [1.29, 1.82) is 0 Å². The van der Waals surface area contributed by atoms with Crippen LogP contribution >= 0.6 is 11.6 Å². The van der Waals surface area contributed by atoms with E-state index in [0.29, 0.717) is 12.0 Å². The van der Waals surface area contributed by atoms with Gasteiger partial charge in [0.25, 0.3) is 5.91 Å². The standard InChI is InChI=1S/C13H17ClN2O3/c1-13(2,7-6-10(17)19-3)16-12(18)9-5-4-8-15-11(9)14/h4-5,8H,6-7H2,1-3H3,(H,16,18). The van der Waals surface area contributed by atoms with Crippen molar-refractivity contribution in [3.8, 4) is 0 Å². The Morgan fingerprint density at radius 2 is 2.16 bits per heavy atom. The second-order valence-electron chi connectivity index (χ2n) is 4.76. The second kappa shape index (κ2) is 6.52. The molecule has 0 atom stereocenters. The molecule has 0 fully saturated rings. The van der Waals surface area contributed by atoms with Crippen LogP contribution in [0.2, 0.25) is 5.15 Å². The van der Waals surface area contributed by atoms with Gasteiger partial charge in [-0.15, -0.1) is 0 Å². The van der Waals surface area contributed by atoms with Crippen LogP contribution in [0.15, 0.2) is 18.3 Å². The van der Waals surface area contributed by atoms with E-state index in [4.69, 9.17) is 11.6 Å². The Morgan fingerprint density at radius 1 is 1.47 bits per heavy atom. The van der Waals surface area contributed by atoms with Crippen molar-refractivity contribution >= 4 is 23.5 Å². The highest BCUT2D eigenvalue weighted by Gasteiger charge is 2.23. The Hall–Kier alpha value is -1.62. The molecule has 0 radical (unpaired) electrons. The lowest BCUT2D eigenvalue weighted by molar-refractivity contribution is -0.141. The number of hydrogen-bond acceptors (Lipinski definition) is 4. The fourth-order valence-corrected chi connectivity index (χ4v) is 1.71. The summed E-state index contributed by atoms with van der Waals surface area (Å²) in [4.78, 5) is 27.0. The van der Waals surface area contributed by atoms with Crippen LogP contribution in [0.5, 0.6) is 0 Å². The van der Waals surface area contributed by atoms with Crippen molar-refractivity contribution in [2.45, 2.75) is 32.2 Å². The molecule has 0 bridgehead atoms. The van der Waals surface area contributed by atoms with Gasteiger partial charge in [-0.3, -0.25) is 9.59 Å². The summed E-state index contributed by atoms with van der Waals surface area (Å²) in [6.45, 7) is 3.66. The fourth-order valence-electron chi connectivity index (χ4n) is 1.51. The molecule has 5 nitrogen and oxygen atoms in total. The van der Waals surface area contributed by atoms with Crippen LogP contribution in [0, 0.1) is 0 Å². The van der Waals surface area contributed by atoms with Gasteiger partial charge in [-0.05, 0) is 32.4 Å². The summed E-state index contributed by atoms with van der Waals surface area (Å²) in [7, 11) is 1.34. The quantitative estimate of drug-likeness (QED) is 0.665. The van der Waals surface area contributed by atoms with Crippen molar-refractivity contribution in [3.63, 3.8) is 0 Å². The van der Waals surface area contributed by atoms with Gasteiger partial charge >= 0.3 is 5.97 Å². The zero-order chi connectivity index (χ0) is 14.5. The number of esters is 1. The number of amides is 1. The fraction of sp³-hybridized carbons (Fsp3) is 0.462. The molecule has 104 valence electrons. The molecule has 1 N–H and O–H groups in total. The molecule has 6 heteroatoms. The maximum atomic E-state index is 12.0. The number of nitrogens with one attached hydrogen (secondary N) is 1. The zero-order valence-corrected chi connectivity index (χ0v) is 12.0. The molecule has 1 aromatic heterocycles. The molecule has 0 unspecified atom stereocenters. The number of rotatable bonds is 5. The third-order valence-corrected chi connectivity index (χ3v) is 2.94. The topological polar surface area (TPSA) is 68.3 Å². The van der Waals surface area contributed by atoms with E-state index >= 15 is 0 Å². The van der Waals surface area contributed by atoms with Crippen LogP contribution in [0.3, 0.4) is 0 Å². The molecule has 1 rings (SSSR count). The van der Waals surface area contributed by atoms with Crippen LogP contribution in [0.4, 0.5) is 0 Å². The van der Waals surface area contributed by atoms with Gasteiger partial charge in [-0.2, -0.15) is 0 Å². The Labute approximate surface area is 117 Å². The van der Waals surface area contributed by atoms with Crippen molar-refractivity contribution in [3.05, 3.63) is 29.0 Å². The molecule has 0 spiro atoms. The first-order chi connectivity index (χ1) is 8.85. The third kappa shape index (κ3) is 4.87. The molecular formula is C13H17ClN2O3. The minimum absolute atomic E-state index is 0.156. The molecule has 1 amide bonds. The molecule has 1 heterocycles. The average molecular weight is 285 g/mol. The first-order valence-electron chi connectivity index (χ1n) is 5.85. The number of hydrogen-bond donors (Lipinski definition) is 1. The van der Waals surface area contributed by atoms with Crippen LogP contribution in [0.25, 0.3) is 0 Å². The highest BCUT2D eigenvalue weighted by atomic mass is 35.5. The summed E-state index contributed by atoms with van der Waals surface area (Å²) in [5.74, 6) is -0.616. The van der Waals surface area contributed by atoms with Gasteiger partial charge in [-0.25, -0.2) is 4.98 Å². The maximum absolute atomic E-state index is 12.0. The molecule has 0 saturated carbocycles. The normalized spacial score (nSPS) is 10.9. The van der Waals surface area contributed by atoms with E-state index in [1.165, 1.54) is 13.3 Å². The van der Waals surface area contributed by atoms with E-state index in [1.54, 1.807) is 12.1 Å². The third-order valence-electron chi connectivity index (χ3n) is 2.64. The van der Waals surface area contributed by atoms with Crippen molar-refractivity contribution in [2.24, 2.45) is 0 Å². The lowest BCUT2D eigenvalue weighted by atomic mass is 9.98. The summed E-state index contributed by atoms with van der Waals surface area (Å²) in [5, 5.41) is 2.98. The first-order valence-corrected chi connectivity index (χ1v) is 6.23. The number of nitrogens with zero attached hydrogens (tertiary/aromatic N) is 1. The van der Waals surface area contributed by atoms with E-state index in [-0.39, 0.29) is 23.5 Å². The highest BCUT2D eigenvalue weighted by molar-refractivity contribution is 6.32. The van der Waals surface area contributed by atoms with Crippen LogP contribution in [-0.2, 0) is 9.53 Å². The minimum Gasteiger partial charge on any atom is -0.469 e. The molecule has 19 heavy (non-hydrogen) atoms. The number of carbonyl (C=O) groups excluding carboxylic acids is 2. The molecule has 1 aromatic rings. The number of aromatic nitrogens is 1. The maximum Gasteiger partial charge on any atom is 0.305 e. The summed E-state index contributed by atoms with van der Waals surface area (Å²) in [5.41, 5.74) is -0.222. The van der Waals surface area contributed by atoms with Gasteiger partial charge < -0.3 is 10.1 Å². The smallest absolute Gasteiger partial charge is 0.305 e. The number of ether oxygens (including phenoxy) is 1. The lowest BCUT2D eigenvalue weighted by Crippen LogP contribution is -2.43. The summed E-state index contributed by atoms with van der Waals surface area (Å²) < 4.78 is 4.57.